The lowest BCUT2D eigenvalue weighted by atomic mass is 10.3. The lowest BCUT2D eigenvalue weighted by Gasteiger charge is -2.05. The highest BCUT2D eigenvalue weighted by Gasteiger charge is 2.17. The van der Waals surface area contributed by atoms with Crippen molar-refractivity contribution in [1.82, 2.24) is 0 Å². The lowest BCUT2D eigenvalue weighted by molar-refractivity contribution is -0.142. The van der Waals surface area contributed by atoms with Gasteiger partial charge in [-0.3, -0.25) is 0 Å². The summed E-state index contributed by atoms with van der Waals surface area (Å²) in [5.74, 6) is -0.450. The number of rotatable bonds is 2. The number of ether oxygens (including phenoxy) is 1. The standard InChI is InChI=1S/C7H8ClNO2S/c1-11-7(10)6(9)4-2-3-5(8)12-4/h2-3,6H,9H2,1H3/t6-/m0/s1. The number of hydrogen-bond acceptors (Lipinski definition) is 4. The summed E-state index contributed by atoms with van der Waals surface area (Å²) in [5, 5.41) is 0. The van der Waals surface area contributed by atoms with Crippen molar-refractivity contribution in [1.29, 1.82) is 0 Å². The van der Waals surface area contributed by atoms with Crippen LogP contribution in [0.4, 0.5) is 0 Å². The van der Waals surface area contributed by atoms with E-state index in [1.54, 1.807) is 12.1 Å². The number of hydrogen-bond donors (Lipinski definition) is 1. The zero-order valence-corrected chi connectivity index (χ0v) is 7.98. The van der Waals surface area contributed by atoms with E-state index in [0.717, 1.165) is 0 Å². The predicted molar refractivity (Wildman–Crippen MR) is 48.3 cm³/mol. The van der Waals surface area contributed by atoms with E-state index in [1.807, 2.05) is 0 Å². The van der Waals surface area contributed by atoms with Gasteiger partial charge < -0.3 is 10.5 Å². The van der Waals surface area contributed by atoms with Crippen LogP contribution in [0.5, 0.6) is 0 Å². The van der Waals surface area contributed by atoms with E-state index < -0.39 is 12.0 Å². The molecule has 0 aliphatic carbocycles. The number of esters is 1. The first kappa shape index (κ1) is 9.51. The summed E-state index contributed by atoms with van der Waals surface area (Å²) < 4.78 is 5.09. The molecule has 5 heteroatoms. The third-order valence-electron chi connectivity index (χ3n) is 1.36. The third-order valence-corrected chi connectivity index (χ3v) is 2.67. The summed E-state index contributed by atoms with van der Waals surface area (Å²) in [7, 11) is 1.30. The highest BCUT2D eigenvalue weighted by Crippen LogP contribution is 2.26. The SMILES string of the molecule is COC(=O)[C@@H](N)c1ccc(Cl)s1. The van der Waals surface area contributed by atoms with Crippen molar-refractivity contribution in [2.75, 3.05) is 7.11 Å². The van der Waals surface area contributed by atoms with Crippen molar-refractivity contribution in [3.63, 3.8) is 0 Å². The maximum Gasteiger partial charge on any atom is 0.328 e. The Bertz CT molecular complexity index is 287. The molecule has 0 aliphatic rings. The maximum absolute atomic E-state index is 10.9. The maximum atomic E-state index is 10.9. The van der Waals surface area contributed by atoms with Crippen LogP contribution in [-0.4, -0.2) is 13.1 Å². The van der Waals surface area contributed by atoms with E-state index in [-0.39, 0.29) is 0 Å². The molecule has 0 bridgehead atoms. The fourth-order valence-electron chi connectivity index (χ4n) is 0.739. The Kier molecular flexibility index (Phi) is 3.08. The quantitative estimate of drug-likeness (QED) is 0.746. The van der Waals surface area contributed by atoms with E-state index in [2.05, 4.69) is 4.74 Å². The second kappa shape index (κ2) is 3.89. The smallest absolute Gasteiger partial charge is 0.328 e. The summed E-state index contributed by atoms with van der Waals surface area (Å²) in [6.45, 7) is 0. The Labute approximate surface area is 79.1 Å². The van der Waals surface area contributed by atoms with Gasteiger partial charge in [0.1, 0.15) is 6.04 Å². The van der Waals surface area contributed by atoms with Gasteiger partial charge in [0.25, 0.3) is 0 Å². The zero-order valence-electron chi connectivity index (χ0n) is 6.41. The van der Waals surface area contributed by atoms with Crippen LogP contribution < -0.4 is 5.73 Å². The van der Waals surface area contributed by atoms with Crippen LogP contribution >= 0.6 is 22.9 Å². The Hall–Kier alpha value is -0.580. The molecular weight excluding hydrogens is 198 g/mol. The van der Waals surface area contributed by atoms with Gasteiger partial charge in [0, 0.05) is 4.88 Å². The number of halogens is 1. The molecule has 0 saturated carbocycles. The highest BCUT2D eigenvalue weighted by atomic mass is 35.5. The largest absolute Gasteiger partial charge is 0.468 e. The van der Waals surface area contributed by atoms with Gasteiger partial charge in [-0.2, -0.15) is 0 Å². The van der Waals surface area contributed by atoms with Crippen molar-refractivity contribution in [2.45, 2.75) is 6.04 Å². The van der Waals surface area contributed by atoms with Gasteiger partial charge in [0.2, 0.25) is 0 Å². The monoisotopic (exact) mass is 205 g/mol. The lowest BCUT2D eigenvalue weighted by Crippen LogP contribution is -2.21. The average Bonchev–Trinajstić information content (AvgIpc) is 2.49. The van der Waals surface area contributed by atoms with Crippen LogP contribution in [0, 0.1) is 0 Å². The molecule has 1 aromatic rings. The van der Waals surface area contributed by atoms with Gasteiger partial charge in [-0.25, -0.2) is 4.79 Å². The molecule has 1 atom stereocenters. The number of carbonyl (C=O) groups excluding carboxylic acids is 1. The molecule has 0 aliphatic heterocycles. The highest BCUT2D eigenvalue weighted by molar-refractivity contribution is 7.16. The molecule has 0 unspecified atom stereocenters. The molecule has 2 N–H and O–H groups in total. The normalized spacial score (nSPS) is 12.6. The van der Waals surface area contributed by atoms with E-state index >= 15 is 0 Å². The predicted octanol–water partition coefficient (Wildman–Crippen LogP) is 1.57. The van der Waals surface area contributed by atoms with Gasteiger partial charge in [-0.1, -0.05) is 11.6 Å². The first-order chi connectivity index (χ1) is 5.65. The van der Waals surface area contributed by atoms with Gasteiger partial charge in [-0.05, 0) is 12.1 Å². The second-order valence-electron chi connectivity index (χ2n) is 2.14. The van der Waals surface area contributed by atoms with Crippen molar-refractivity contribution in [3.05, 3.63) is 21.3 Å². The summed E-state index contributed by atoms with van der Waals surface area (Å²) >= 11 is 6.94. The summed E-state index contributed by atoms with van der Waals surface area (Å²) in [6.07, 6.45) is 0. The minimum absolute atomic E-state index is 0.450. The number of thiophene rings is 1. The van der Waals surface area contributed by atoms with Crippen molar-refractivity contribution in [3.8, 4) is 0 Å². The first-order valence-corrected chi connectivity index (χ1v) is 4.43. The van der Waals surface area contributed by atoms with Crippen LogP contribution in [0.25, 0.3) is 0 Å². The third kappa shape index (κ3) is 1.97. The molecule has 0 amide bonds. The molecule has 1 rings (SSSR count). The molecule has 0 saturated heterocycles. The minimum atomic E-state index is -0.715. The molecule has 66 valence electrons. The van der Waals surface area contributed by atoms with Crippen molar-refractivity contribution in [2.24, 2.45) is 5.73 Å². The van der Waals surface area contributed by atoms with Gasteiger partial charge >= 0.3 is 5.97 Å². The van der Waals surface area contributed by atoms with E-state index in [9.17, 15) is 4.79 Å². The number of carbonyl (C=O) groups is 1. The van der Waals surface area contributed by atoms with Crippen LogP contribution in [0.1, 0.15) is 10.9 Å². The molecule has 0 fully saturated rings. The van der Waals surface area contributed by atoms with E-state index in [0.29, 0.717) is 9.21 Å². The summed E-state index contributed by atoms with van der Waals surface area (Å²) in [5.41, 5.74) is 5.54. The van der Waals surface area contributed by atoms with Gasteiger partial charge in [-0.15, -0.1) is 11.3 Å². The van der Waals surface area contributed by atoms with Gasteiger partial charge in [0.05, 0.1) is 11.4 Å². The molecule has 0 spiro atoms. The fourth-order valence-corrected chi connectivity index (χ4v) is 1.79. The first-order valence-electron chi connectivity index (χ1n) is 3.24. The van der Waals surface area contributed by atoms with Crippen molar-refractivity contribution >= 4 is 28.9 Å². The minimum Gasteiger partial charge on any atom is -0.468 e. The molecule has 3 nitrogen and oxygen atoms in total. The second-order valence-corrected chi connectivity index (χ2v) is 3.89. The van der Waals surface area contributed by atoms with Crippen molar-refractivity contribution < 1.29 is 9.53 Å². The Balaban J connectivity index is 2.77. The topological polar surface area (TPSA) is 52.3 Å². The Morgan fingerprint density at radius 3 is 2.83 bits per heavy atom. The van der Waals surface area contributed by atoms with E-state index in [4.69, 9.17) is 17.3 Å². The molecular formula is C7H8ClNO2S. The van der Waals surface area contributed by atoms with Crippen LogP contribution in [-0.2, 0) is 9.53 Å². The zero-order chi connectivity index (χ0) is 9.14. The molecule has 1 heterocycles. The fraction of sp³-hybridized carbons (Fsp3) is 0.286. The summed E-state index contributed by atoms with van der Waals surface area (Å²) in [4.78, 5) is 11.7. The molecule has 0 aromatic carbocycles. The Morgan fingerprint density at radius 1 is 1.75 bits per heavy atom. The number of nitrogens with two attached hydrogens (primary N) is 1. The Morgan fingerprint density at radius 2 is 2.42 bits per heavy atom. The molecule has 1 aromatic heterocycles. The molecule has 0 radical (unpaired) electrons. The number of methoxy groups -OCH3 is 1. The van der Waals surface area contributed by atoms with Crippen LogP contribution in [0.3, 0.4) is 0 Å². The molecule has 12 heavy (non-hydrogen) atoms. The van der Waals surface area contributed by atoms with Crippen LogP contribution in [0.2, 0.25) is 4.34 Å². The van der Waals surface area contributed by atoms with E-state index in [1.165, 1.54) is 18.4 Å². The summed E-state index contributed by atoms with van der Waals surface area (Å²) in [6, 6.07) is 2.70. The van der Waals surface area contributed by atoms with Gasteiger partial charge in [0.15, 0.2) is 0 Å². The average molecular weight is 206 g/mol. The van der Waals surface area contributed by atoms with Crippen LogP contribution in [0.15, 0.2) is 12.1 Å².